The minimum Gasteiger partial charge on any atom is -0.494 e. The van der Waals surface area contributed by atoms with Crippen LogP contribution < -0.4 is 15.4 Å². The van der Waals surface area contributed by atoms with Gasteiger partial charge in [-0.2, -0.15) is 0 Å². The normalized spacial score (nSPS) is 14.1. The summed E-state index contributed by atoms with van der Waals surface area (Å²) in [6.45, 7) is 3.50. The first kappa shape index (κ1) is 22.6. The molecule has 2 aromatic carbocycles. The minimum absolute atomic E-state index is 0.0263. The lowest BCUT2D eigenvalue weighted by molar-refractivity contribution is -0.121. The third-order valence-electron chi connectivity index (χ3n) is 5.06. The number of amides is 3. The Morgan fingerprint density at radius 1 is 1.06 bits per heavy atom. The predicted octanol–water partition coefficient (Wildman–Crippen LogP) is 2.89. The van der Waals surface area contributed by atoms with Crippen molar-refractivity contribution in [2.45, 2.75) is 25.8 Å². The van der Waals surface area contributed by atoms with Crippen molar-refractivity contribution in [3.8, 4) is 5.75 Å². The van der Waals surface area contributed by atoms with Crippen LogP contribution in [0.5, 0.6) is 5.75 Å². The van der Waals surface area contributed by atoms with Gasteiger partial charge in [-0.1, -0.05) is 17.7 Å². The molecule has 1 saturated heterocycles. The van der Waals surface area contributed by atoms with Crippen LogP contribution >= 0.6 is 11.6 Å². The zero-order valence-corrected chi connectivity index (χ0v) is 18.2. The molecule has 164 valence electrons. The van der Waals surface area contributed by atoms with Crippen LogP contribution in [-0.4, -0.2) is 54.9 Å². The monoisotopic (exact) mass is 443 g/mol. The average molecular weight is 444 g/mol. The van der Waals surface area contributed by atoms with Gasteiger partial charge in [-0.3, -0.25) is 14.4 Å². The number of hydrogen-bond acceptors (Lipinski definition) is 4. The highest BCUT2D eigenvalue weighted by atomic mass is 35.5. The molecule has 0 radical (unpaired) electrons. The van der Waals surface area contributed by atoms with Crippen LogP contribution in [-0.2, 0) is 4.79 Å². The first-order valence-corrected chi connectivity index (χ1v) is 10.7. The molecular formula is C23H26ClN3O4. The van der Waals surface area contributed by atoms with Crippen molar-refractivity contribution in [2.24, 2.45) is 0 Å². The molecule has 1 fully saturated rings. The van der Waals surface area contributed by atoms with E-state index >= 15 is 0 Å². The Morgan fingerprint density at radius 2 is 1.77 bits per heavy atom. The third-order valence-corrected chi connectivity index (χ3v) is 5.29. The van der Waals surface area contributed by atoms with Crippen LogP contribution in [0.3, 0.4) is 0 Å². The van der Waals surface area contributed by atoms with E-state index < -0.39 is 0 Å². The zero-order chi connectivity index (χ0) is 22.2. The quantitative estimate of drug-likeness (QED) is 0.688. The van der Waals surface area contributed by atoms with E-state index in [2.05, 4.69) is 10.6 Å². The first-order chi connectivity index (χ1) is 15.0. The van der Waals surface area contributed by atoms with Gasteiger partial charge in [-0.05, 0) is 62.2 Å². The number of ether oxygens (including phenoxy) is 1. The van der Waals surface area contributed by atoms with Crippen LogP contribution in [0.15, 0.2) is 48.5 Å². The van der Waals surface area contributed by atoms with Crippen molar-refractivity contribution < 1.29 is 19.1 Å². The lowest BCUT2D eigenvalue weighted by Gasteiger charge is -2.32. The molecule has 0 spiro atoms. The number of piperidine rings is 1. The van der Waals surface area contributed by atoms with Gasteiger partial charge >= 0.3 is 0 Å². The molecule has 0 aliphatic carbocycles. The molecule has 31 heavy (non-hydrogen) atoms. The second kappa shape index (κ2) is 10.8. The molecule has 0 unspecified atom stereocenters. The van der Waals surface area contributed by atoms with Gasteiger partial charge in [-0.25, -0.2) is 0 Å². The molecule has 3 rings (SSSR count). The minimum atomic E-state index is -0.353. The van der Waals surface area contributed by atoms with Gasteiger partial charge in [0.15, 0.2) is 0 Å². The van der Waals surface area contributed by atoms with E-state index in [0.717, 1.165) is 5.75 Å². The maximum absolute atomic E-state index is 12.7. The first-order valence-electron chi connectivity index (χ1n) is 10.3. The number of hydrogen-bond donors (Lipinski definition) is 2. The molecule has 0 aromatic heterocycles. The molecule has 0 atom stereocenters. The molecule has 2 N–H and O–H groups in total. The number of likely N-dealkylation sites (tertiary alicyclic amines) is 1. The molecule has 0 bridgehead atoms. The van der Waals surface area contributed by atoms with E-state index in [0.29, 0.717) is 48.7 Å². The summed E-state index contributed by atoms with van der Waals surface area (Å²) in [6, 6.07) is 13.6. The van der Waals surface area contributed by atoms with Crippen molar-refractivity contribution in [1.29, 1.82) is 0 Å². The fraction of sp³-hybridized carbons (Fsp3) is 0.348. The van der Waals surface area contributed by atoms with Crippen LogP contribution in [0.2, 0.25) is 5.02 Å². The Hall–Kier alpha value is -3.06. The topological polar surface area (TPSA) is 87.7 Å². The maximum Gasteiger partial charge on any atom is 0.253 e. The van der Waals surface area contributed by atoms with Crippen LogP contribution in [0.25, 0.3) is 0 Å². The van der Waals surface area contributed by atoms with E-state index in [1.165, 1.54) is 0 Å². The van der Waals surface area contributed by atoms with Crippen LogP contribution in [0.1, 0.15) is 40.5 Å². The second-order valence-corrected chi connectivity index (χ2v) is 7.72. The Bertz CT molecular complexity index is 925. The number of benzene rings is 2. The van der Waals surface area contributed by atoms with Crippen molar-refractivity contribution >= 4 is 29.3 Å². The van der Waals surface area contributed by atoms with Gasteiger partial charge in [0.2, 0.25) is 5.91 Å². The fourth-order valence-corrected chi connectivity index (χ4v) is 3.63. The molecule has 0 saturated carbocycles. The highest BCUT2D eigenvalue weighted by Gasteiger charge is 2.24. The van der Waals surface area contributed by atoms with Crippen molar-refractivity contribution in [1.82, 2.24) is 15.5 Å². The average Bonchev–Trinajstić information content (AvgIpc) is 2.78. The van der Waals surface area contributed by atoms with Gasteiger partial charge in [0.25, 0.3) is 11.8 Å². The summed E-state index contributed by atoms with van der Waals surface area (Å²) in [4.78, 5) is 38.8. The van der Waals surface area contributed by atoms with Gasteiger partial charge in [0, 0.05) is 35.3 Å². The standard InChI is InChI=1S/C23H26ClN3O4/c1-2-31-20-8-6-16(7-9-20)23(30)27-12-10-19(11-13-27)26-21(28)15-25-22(29)17-4-3-5-18(24)14-17/h3-9,14,19H,2,10-13,15H2,1H3,(H,25,29)(H,26,28). The van der Waals surface area contributed by atoms with E-state index in [1.807, 2.05) is 6.92 Å². The predicted molar refractivity (Wildman–Crippen MR) is 118 cm³/mol. The smallest absolute Gasteiger partial charge is 0.253 e. The van der Waals surface area contributed by atoms with Crippen LogP contribution in [0, 0.1) is 0 Å². The van der Waals surface area contributed by atoms with Gasteiger partial charge in [-0.15, -0.1) is 0 Å². The number of rotatable bonds is 7. The molecule has 1 aliphatic rings. The van der Waals surface area contributed by atoms with E-state index in [1.54, 1.807) is 53.4 Å². The number of halogens is 1. The van der Waals surface area contributed by atoms with Crippen molar-refractivity contribution in [3.63, 3.8) is 0 Å². The SMILES string of the molecule is CCOc1ccc(C(=O)N2CCC(NC(=O)CNC(=O)c3cccc(Cl)c3)CC2)cc1. The summed E-state index contributed by atoms with van der Waals surface area (Å²) in [5, 5.41) is 5.98. The number of nitrogens with zero attached hydrogens (tertiary/aromatic N) is 1. The molecular weight excluding hydrogens is 418 g/mol. The highest BCUT2D eigenvalue weighted by molar-refractivity contribution is 6.31. The van der Waals surface area contributed by atoms with Gasteiger partial charge < -0.3 is 20.3 Å². The summed E-state index contributed by atoms with van der Waals surface area (Å²) in [6.07, 6.45) is 1.33. The molecule has 1 heterocycles. The summed E-state index contributed by atoms with van der Waals surface area (Å²) >= 11 is 5.88. The summed E-state index contributed by atoms with van der Waals surface area (Å²) in [5.74, 6) is 0.102. The largest absolute Gasteiger partial charge is 0.494 e. The van der Waals surface area contributed by atoms with E-state index in [4.69, 9.17) is 16.3 Å². The summed E-state index contributed by atoms with van der Waals surface area (Å²) < 4.78 is 5.40. The van der Waals surface area contributed by atoms with Crippen LogP contribution in [0.4, 0.5) is 0 Å². The zero-order valence-electron chi connectivity index (χ0n) is 17.4. The molecule has 1 aliphatic heterocycles. The maximum atomic E-state index is 12.7. The van der Waals surface area contributed by atoms with E-state index in [9.17, 15) is 14.4 Å². The van der Waals surface area contributed by atoms with Gasteiger partial charge in [0.05, 0.1) is 13.2 Å². The Kier molecular flexibility index (Phi) is 7.89. The Labute approximate surface area is 186 Å². The fourth-order valence-electron chi connectivity index (χ4n) is 3.44. The Balaban J connectivity index is 1.41. The summed E-state index contributed by atoms with van der Waals surface area (Å²) in [7, 11) is 0. The lowest BCUT2D eigenvalue weighted by atomic mass is 10.0. The van der Waals surface area contributed by atoms with E-state index in [-0.39, 0.29) is 30.3 Å². The third kappa shape index (κ3) is 6.46. The lowest BCUT2D eigenvalue weighted by Crippen LogP contribution is -2.48. The number of nitrogens with one attached hydrogen (secondary N) is 2. The molecule has 7 nitrogen and oxygen atoms in total. The Morgan fingerprint density at radius 3 is 2.42 bits per heavy atom. The molecule has 2 aromatic rings. The summed E-state index contributed by atoms with van der Waals surface area (Å²) in [5.41, 5.74) is 1.02. The van der Waals surface area contributed by atoms with Crippen molar-refractivity contribution in [3.05, 3.63) is 64.7 Å². The van der Waals surface area contributed by atoms with Gasteiger partial charge in [0.1, 0.15) is 5.75 Å². The second-order valence-electron chi connectivity index (χ2n) is 7.28. The molecule has 8 heteroatoms. The highest BCUT2D eigenvalue weighted by Crippen LogP contribution is 2.17. The number of carbonyl (C=O) groups is 3. The van der Waals surface area contributed by atoms with Crippen molar-refractivity contribution in [2.75, 3.05) is 26.2 Å². The molecule has 3 amide bonds. The number of carbonyl (C=O) groups excluding carboxylic acids is 3.